The number of nitrogens with one attached hydrogen (secondary N) is 2. The van der Waals surface area contributed by atoms with Gasteiger partial charge in [0.2, 0.25) is 11.8 Å². The minimum Gasteiger partial charge on any atom is -0.445 e. The third-order valence-corrected chi connectivity index (χ3v) is 4.36. The normalized spacial score (nSPS) is 12.5. The minimum absolute atomic E-state index is 0.0903. The first-order valence-electron chi connectivity index (χ1n) is 9.29. The Morgan fingerprint density at radius 3 is 2.43 bits per heavy atom. The van der Waals surface area contributed by atoms with E-state index in [1.807, 2.05) is 30.3 Å². The summed E-state index contributed by atoms with van der Waals surface area (Å²) >= 11 is 5.92. The Balaban J connectivity index is 1.73. The summed E-state index contributed by atoms with van der Waals surface area (Å²) in [6.45, 7) is -0.0936. The van der Waals surface area contributed by atoms with Gasteiger partial charge in [-0.1, -0.05) is 54.1 Å². The van der Waals surface area contributed by atoms with Crippen molar-refractivity contribution in [3.63, 3.8) is 0 Å². The first-order chi connectivity index (χ1) is 14.3. The molecule has 160 valence electrons. The van der Waals surface area contributed by atoms with Gasteiger partial charge in [-0.25, -0.2) is 4.79 Å². The van der Waals surface area contributed by atoms with Crippen LogP contribution in [0.3, 0.4) is 0 Å². The number of ether oxygens (including phenoxy) is 1. The first kappa shape index (κ1) is 23.2. The largest absolute Gasteiger partial charge is 0.445 e. The summed E-state index contributed by atoms with van der Waals surface area (Å²) in [7, 11) is 0. The van der Waals surface area contributed by atoms with Gasteiger partial charge in [-0.05, 0) is 23.3 Å². The number of alkyl carbamates (subject to hydrolysis) is 1. The molecule has 30 heavy (non-hydrogen) atoms. The zero-order valence-corrected chi connectivity index (χ0v) is 17.0. The van der Waals surface area contributed by atoms with Crippen molar-refractivity contribution in [3.05, 3.63) is 70.7 Å². The maximum absolute atomic E-state index is 12.1. The van der Waals surface area contributed by atoms with E-state index in [1.54, 1.807) is 24.3 Å². The molecule has 2 atom stereocenters. The number of carbonyl (C=O) groups is 3. The van der Waals surface area contributed by atoms with Gasteiger partial charge >= 0.3 is 6.09 Å². The lowest BCUT2D eigenvalue weighted by molar-refractivity contribution is -0.128. The average molecular weight is 434 g/mol. The van der Waals surface area contributed by atoms with Crippen molar-refractivity contribution in [2.45, 2.75) is 31.6 Å². The smallest absolute Gasteiger partial charge is 0.407 e. The Kier molecular flexibility index (Phi) is 9.11. The number of rotatable bonds is 10. The predicted molar refractivity (Wildman–Crippen MR) is 112 cm³/mol. The molecule has 2 rings (SSSR count). The summed E-state index contributed by atoms with van der Waals surface area (Å²) in [5.41, 5.74) is 6.91. The summed E-state index contributed by atoms with van der Waals surface area (Å²) in [4.78, 5) is 35.5. The maximum atomic E-state index is 12.1. The number of halogens is 1. The molecule has 0 saturated carbocycles. The van der Waals surface area contributed by atoms with Crippen LogP contribution in [-0.4, -0.2) is 41.7 Å². The number of primary amides is 1. The summed E-state index contributed by atoms with van der Waals surface area (Å²) in [5.74, 6) is -1.28. The molecule has 0 aliphatic rings. The summed E-state index contributed by atoms with van der Waals surface area (Å²) in [6, 6.07) is 15.0. The van der Waals surface area contributed by atoms with E-state index in [4.69, 9.17) is 22.1 Å². The number of benzene rings is 2. The molecular weight excluding hydrogens is 410 g/mol. The van der Waals surface area contributed by atoms with E-state index in [2.05, 4.69) is 10.6 Å². The lowest BCUT2D eigenvalue weighted by Crippen LogP contribution is -2.47. The lowest BCUT2D eigenvalue weighted by atomic mass is 10.1. The molecule has 9 heteroatoms. The molecule has 0 aliphatic heterocycles. The van der Waals surface area contributed by atoms with Gasteiger partial charge in [-0.2, -0.15) is 0 Å². The van der Waals surface area contributed by atoms with Crippen LogP contribution in [0.15, 0.2) is 54.6 Å². The molecule has 0 spiro atoms. The van der Waals surface area contributed by atoms with Crippen LogP contribution in [0.2, 0.25) is 5.02 Å². The van der Waals surface area contributed by atoms with Crippen LogP contribution >= 0.6 is 11.6 Å². The molecule has 0 bridgehead atoms. The molecule has 0 aromatic heterocycles. The fourth-order valence-corrected chi connectivity index (χ4v) is 2.85. The van der Waals surface area contributed by atoms with Gasteiger partial charge in [0.05, 0.1) is 12.5 Å². The number of aliphatic hydroxyl groups is 1. The summed E-state index contributed by atoms with van der Waals surface area (Å²) in [6.07, 6.45) is -2.02. The highest BCUT2D eigenvalue weighted by Gasteiger charge is 2.21. The van der Waals surface area contributed by atoms with E-state index in [1.165, 1.54) is 0 Å². The molecule has 0 fully saturated rings. The number of hydrogen-bond donors (Lipinski definition) is 4. The Morgan fingerprint density at radius 2 is 1.77 bits per heavy atom. The number of carbonyl (C=O) groups excluding carboxylic acids is 3. The topological polar surface area (TPSA) is 131 Å². The second-order valence-corrected chi connectivity index (χ2v) is 7.09. The van der Waals surface area contributed by atoms with Crippen molar-refractivity contribution in [2.24, 2.45) is 5.73 Å². The molecule has 0 saturated heterocycles. The number of amides is 3. The Bertz CT molecular complexity index is 863. The second-order valence-electron chi connectivity index (χ2n) is 6.66. The van der Waals surface area contributed by atoms with Crippen molar-refractivity contribution in [1.29, 1.82) is 0 Å². The zero-order chi connectivity index (χ0) is 21.9. The van der Waals surface area contributed by atoms with Gasteiger partial charge in [0, 0.05) is 18.0 Å². The minimum atomic E-state index is -1.16. The molecular formula is C21H24ClN3O5. The van der Waals surface area contributed by atoms with Crippen molar-refractivity contribution < 1.29 is 24.2 Å². The van der Waals surface area contributed by atoms with Crippen LogP contribution in [0, 0.1) is 0 Å². The highest BCUT2D eigenvalue weighted by atomic mass is 35.5. The number of hydrogen-bond acceptors (Lipinski definition) is 5. The third kappa shape index (κ3) is 8.50. The van der Waals surface area contributed by atoms with Gasteiger partial charge in [-0.3, -0.25) is 9.59 Å². The lowest BCUT2D eigenvalue weighted by Gasteiger charge is -2.17. The van der Waals surface area contributed by atoms with E-state index in [9.17, 15) is 19.5 Å². The molecule has 0 unspecified atom stereocenters. The quantitative estimate of drug-likeness (QED) is 0.451. The van der Waals surface area contributed by atoms with Crippen LogP contribution < -0.4 is 16.4 Å². The van der Waals surface area contributed by atoms with Crippen LogP contribution in [-0.2, 0) is 27.4 Å². The molecule has 2 aromatic rings. The Labute approximate surface area is 179 Å². The maximum Gasteiger partial charge on any atom is 0.407 e. The zero-order valence-electron chi connectivity index (χ0n) is 16.2. The third-order valence-electron chi connectivity index (χ3n) is 4.12. The van der Waals surface area contributed by atoms with Gasteiger partial charge in [-0.15, -0.1) is 0 Å². The van der Waals surface area contributed by atoms with Gasteiger partial charge in [0.15, 0.2) is 0 Å². The Hall–Kier alpha value is -3.10. The first-order valence-corrected chi connectivity index (χ1v) is 9.67. The molecule has 0 radical (unpaired) electrons. The molecule has 2 aromatic carbocycles. The summed E-state index contributed by atoms with van der Waals surface area (Å²) < 4.78 is 5.02. The van der Waals surface area contributed by atoms with Crippen LogP contribution in [0.5, 0.6) is 0 Å². The Morgan fingerprint density at radius 1 is 1.07 bits per heavy atom. The van der Waals surface area contributed by atoms with E-state index >= 15 is 0 Å². The standard InChI is InChI=1S/C21H24ClN3O5/c22-16-8-4-7-15(9-16)10-18(20(23)28)25-19(27)11-17(26)12-24-21(29)30-13-14-5-2-1-3-6-14/h1-9,17-18,26H,10-13H2,(H2,23,28)(H,24,29)(H,25,27)/t17-,18+/m0/s1. The fourth-order valence-electron chi connectivity index (χ4n) is 2.64. The number of aliphatic hydroxyl groups excluding tert-OH is 1. The van der Waals surface area contributed by atoms with Gasteiger partial charge in [0.1, 0.15) is 12.6 Å². The van der Waals surface area contributed by atoms with E-state index in [0.717, 1.165) is 11.1 Å². The SMILES string of the molecule is NC(=O)[C@@H](Cc1cccc(Cl)c1)NC(=O)C[C@H](O)CNC(=O)OCc1ccccc1. The fraction of sp³-hybridized carbons (Fsp3) is 0.286. The van der Waals surface area contributed by atoms with E-state index in [-0.39, 0.29) is 26.0 Å². The molecule has 3 amide bonds. The number of nitrogens with two attached hydrogens (primary N) is 1. The summed E-state index contributed by atoms with van der Waals surface area (Å²) in [5, 5.41) is 15.3. The molecule has 8 nitrogen and oxygen atoms in total. The highest BCUT2D eigenvalue weighted by molar-refractivity contribution is 6.30. The van der Waals surface area contributed by atoms with Crippen LogP contribution in [0.25, 0.3) is 0 Å². The van der Waals surface area contributed by atoms with Gasteiger partial charge < -0.3 is 26.2 Å². The predicted octanol–water partition coefficient (Wildman–Crippen LogP) is 1.53. The van der Waals surface area contributed by atoms with Crippen molar-refractivity contribution >= 4 is 29.5 Å². The monoisotopic (exact) mass is 433 g/mol. The van der Waals surface area contributed by atoms with Crippen molar-refractivity contribution in [3.8, 4) is 0 Å². The second kappa shape index (κ2) is 11.8. The van der Waals surface area contributed by atoms with E-state index < -0.39 is 30.1 Å². The van der Waals surface area contributed by atoms with Crippen molar-refractivity contribution in [2.75, 3.05) is 6.54 Å². The molecule has 0 aliphatic carbocycles. The average Bonchev–Trinajstić information content (AvgIpc) is 2.71. The van der Waals surface area contributed by atoms with Crippen molar-refractivity contribution in [1.82, 2.24) is 10.6 Å². The highest BCUT2D eigenvalue weighted by Crippen LogP contribution is 2.12. The molecule has 5 N–H and O–H groups in total. The van der Waals surface area contributed by atoms with E-state index in [0.29, 0.717) is 5.02 Å². The van der Waals surface area contributed by atoms with Crippen LogP contribution in [0.1, 0.15) is 17.5 Å². The van der Waals surface area contributed by atoms with Crippen LogP contribution in [0.4, 0.5) is 4.79 Å². The van der Waals surface area contributed by atoms with Gasteiger partial charge in [0.25, 0.3) is 0 Å². The molecule has 0 heterocycles.